The van der Waals surface area contributed by atoms with Crippen LogP contribution in [0.1, 0.15) is 53.9 Å². The molecule has 190 valence electrons. The van der Waals surface area contributed by atoms with Crippen molar-refractivity contribution in [3.63, 3.8) is 0 Å². The zero-order valence-corrected chi connectivity index (χ0v) is 20.5. The summed E-state index contributed by atoms with van der Waals surface area (Å²) in [6.45, 7) is 5.50. The van der Waals surface area contributed by atoms with E-state index in [2.05, 4.69) is 0 Å². The van der Waals surface area contributed by atoms with Crippen LogP contribution in [0.3, 0.4) is 0 Å². The van der Waals surface area contributed by atoms with E-state index in [1.165, 1.54) is 18.7 Å². The number of ether oxygens (including phenoxy) is 5. The molecule has 11 nitrogen and oxygen atoms in total. The molecular weight excluding hydrogens is 460 g/mol. The first-order valence-electron chi connectivity index (χ1n) is 10.5. The maximum atomic E-state index is 11.7. The molecule has 0 aromatic heterocycles. The largest absolute Gasteiger partial charge is 0.463 e. The maximum absolute atomic E-state index is 11.7. The van der Waals surface area contributed by atoms with Crippen LogP contribution in [0.25, 0.3) is 0 Å². The number of unbranched alkanes of at least 4 members (excludes halogenated alkanes) is 2. The van der Waals surface area contributed by atoms with Crippen molar-refractivity contribution in [1.82, 2.24) is 0 Å². The van der Waals surface area contributed by atoms with Crippen LogP contribution in [-0.4, -0.2) is 84.1 Å². The molecule has 1 N–H and O–H groups in total. The summed E-state index contributed by atoms with van der Waals surface area (Å²) in [6.07, 6.45) is -3.40. The summed E-state index contributed by atoms with van der Waals surface area (Å²) < 4.78 is 25.9. The molecule has 4 atom stereocenters. The number of hydrogen-bond donors (Lipinski definition) is 1. The van der Waals surface area contributed by atoms with E-state index in [0.717, 1.165) is 40.5 Å². The van der Waals surface area contributed by atoms with Crippen LogP contribution in [0, 0.1) is 0 Å². The van der Waals surface area contributed by atoms with Crippen LogP contribution < -0.4 is 0 Å². The lowest BCUT2D eigenvalue weighted by Gasteiger charge is -2.34. The maximum Gasteiger partial charge on any atom is 0.303 e. The van der Waals surface area contributed by atoms with Gasteiger partial charge in [0.15, 0.2) is 23.4 Å². The third-order valence-corrected chi connectivity index (χ3v) is 4.87. The van der Waals surface area contributed by atoms with Gasteiger partial charge in [-0.2, -0.15) is 0 Å². The van der Waals surface area contributed by atoms with Crippen LogP contribution in [0.15, 0.2) is 0 Å². The molecule has 0 aliphatic rings. The van der Waals surface area contributed by atoms with Crippen LogP contribution in [0.4, 0.5) is 0 Å². The smallest absolute Gasteiger partial charge is 0.303 e. The second kappa shape index (κ2) is 17.3. The fraction of sp³-hybridized carbons (Fsp3) is 0.762. The van der Waals surface area contributed by atoms with E-state index in [-0.39, 0.29) is 11.7 Å². The summed E-state index contributed by atoms with van der Waals surface area (Å²) >= 11 is 1.25. The van der Waals surface area contributed by atoms with Crippen LogP contribution >= 0.6 is 11.8 Å². The molecule has 0 radical (unpaired) electrons. The third kappa shape index (κ3) is 16.1. The van der Waals surface area contributed by atoms with Gasteiger partial charge in [0, 0.05) is 47.0 Å². The average Bonchev–Trinajstić information content (AvgIpc) is 2.68. The number of rotatable bonds is 16. The predicted molar refractivity (Wildman–Crippen MR) is 117 cm³/mol. The fourth-order valence-corrected chi connectivity index (χ4v) is 3.34. The number of aliphatic hydroxyl groups is 1. The molecule has 0 rings (SSSR count). The van der Waals surface area contributed by atoms with Crippen molar-refractivity contribution < 1.29 is 52.8 Å². The highest BCUT2D eigenvalue weighted by atomic mass is 32.2. The number of esters is 4. The van der Waals surface area contributed by atoms with Gasteiger partial charge in [0.25, 0.3) is 0 Å². The molecule has 0 aliphatic carbocycles. The highest BCUT2D eigenvalue weighted by Gasteiger charge is 2.41. The molecule has 12 heteroatoms. The molecular formula is C21H34O11S. The van der Waals surface area contributed by atoms with E-state index in [1.807, 2.05) is 0 Å². The molecule has 0 aromatic carbocycles. The zero-order chi connectivity index (χ0) is 25.4. The standard InChI is InChI=1S/C21H34O11S/c1-13(22)29-11-18(27)20(31-15(3)24)21(32-16(4)25)19(30-14(2)23)12-28-9-7-6-8-10-33-17(5)26/h18-21,27H,6-12H2,1-5H3/t18?,19?,20-,21+/m0/s1. The van der Waals surface area contributed by atoms with Crippen molar-refractivity contribution >= 4 is 40.8 Å². The van der Waals surface area contributed by atoms with Gasteiger partial charge in [0.2, 0.25) is 0 Å². The van der Waals surface area contributed by atoms with Crippen molar-refractivity contribution in [3.05, 3.63) is 0 Å². The van der Waals surface area contributed by atoms with E-state index in [9.17, 15) is 29.1 Å². The Morgan fingerprint density at radius 3 is 1.82 bits per heavy atom. The minimum absolute atomic E-state index is 0.0604. The first-order valence-corrected chi connectivity index (χ1v) is 11.5. The van der Waals surface area contributed by atoms with Gasteiger partial charge in [0.05, 0.1) is 6.61 Å². The second-order valence-electron chi connectivity index (χ2n) is 7.14. The minimum Gasteiger partial charge on any atom is -0.463 e. The summed E-state index contributed by atoms with van der Waals surface area (Å²) in [5.74, 6) is -2.26. The van der Waals surface area contributed by atoms with Gasteiger partial charge in [-0.3, -0.25) is 24.0 Å². The molecule has 0 aliphatic heterocycles. The van der Waals surface area contributed by atoms with Gasteiger partial charge in [-0.15, -0.1) is 0 Å². The first kappa shape index (κ1) is 30.8. The van der Waals surface area contributed by atoms with Gasteiger partial charge in [-0.25, -0.2) is 0 Å². The van der Waals surface area contributed by atoms with Crippen LogP contribution in [0.5, 0.6) is 0 Å². The van der Waals surface area contributed by atoms with E-state index < -0.39 is 54.9 Å². The molecule has 0 amide bonds. The molecule has 0 aromatic rings. The minimum atomic E-state index is -1.57. The predicted octanol–water partition coefficient (Wildman–Crippen LogP) is 1.17. The van der Waals surface area contributed by atoms with Crippen molar-refractivity contribution in [2.75, 3.05) is 25.6 Å². The van der Waals surface area contributed by atoms with Crippen LogP contribution in [0.2, 0.25) is 0 Å². The molecule has 0 saturated carbocycles. The Labute approximate surface area is 197 Å². The summed E-state index contributed by atoms with van der Waals surface area (Å²) in [6, 6.07) is 0. The van der Waals surface area contributed by atoms with E-state index >= 15 is 0 Å². The Bertz CT molecular complexity index is 652. The Morgan fingerprint density at radius 1 is 0.727 bits per heavy atom. The first-order chi connectivity index (χ1) is 15.4. The van der Waals surface area contributed by atoms with E-state index in [4.69, 9.17) is 23.7 Å². The number of carbonyl (C=O) groups is 5. The number of hydrogen-bond acceptors (Lipinski definition) is 12. The Hall–Kier alpha value is -2.18. The molecule has 0 saturated heterocycles. The van der Waals surface area contributed by atoms with E-state index in [0.29, 0.717) is 18.8 Å². The summed E-state index contributed by atoms with van der Waals surface area (Å²) in [5.41, 5.74) is 0. The Balaban J connectivity index is 5.27. The quantitative estimate of drug-likeness (QED) is 0.186. The molecule has 33 heavy (non-hydrogen) atoms. The number of aliphatic hydroxyl groups excluding tert-OH is 1. The highest BCUT2D eigenvalue weighted by Crippen LogP contribution is 2.19. The lowest BCUT2D eigenvalue weighted by molar-refractivity contribution is -0.200. The summed E-state index contributed by atoms with van der Waals surface area (Å²) in [5, 5.41) is 10.5. The number of carbonyl (C=O) groups excluding carboxylic acids is 5. The molecule has 0 heterocycles. The van der Waals surface area contributed by atoms with Crippen molar-refractivity contribution in [1.29, 1.82) is 0 Å². The molecule has 0 bridgehead atoms. The van der Waals surface area contributed by atoms with Gasteiger partial charge in [-0.1, -0.05) is 18.2 Å². The molecule has 0 fully saturated rings. The van der Waals surface area contributed by atoms with Gasteiger partial charge in [-0.05, 0) is 12.8 Å². The lowest BCUT2D eigenvalue weighted by Crippen LogP contribution is -2.53. The average molecular weight is 495 g/mol. The highest BCUT2D eigenvalue weighted by molar-refractivity contribution is 8.13. The topological polar surface area (TPSA) is 152 Å². The fourth-order valence-electron chi connectivity index (χ4n) is 2.71. The lowest BCUT2D eigenvalue weighted by atomic mass is 10.0. The van der Waals surface area contributed by atoms with Gasteiger partial charge >= 0.3 is 23.9 Å². The second-order valence-corrected chi connectivity index (χ2v) is 8.41. The van der Waals surface area contributed by atoms with Gasteiger partial charge < -0.3 is 28.8 Å². The summed E-state index contributed by atoms with van der Waals surface area (Å²) in [7, 11) is 0. The van der Waals surface area contributed by atoms with E-state index in [1.54, 1.807) is 0 Å². The Morgan fingerprint density at radius 2 is 1.30 bits per heavy atom. The Kier molecular flexibility index (Phi) is 16.2. The summed E-state index contributed by atoms with van der Waals surface area (Å²) in [4.78, 5) is 57.0. The monoisotopic (exact) mass is 494 g/mol. The normalized spacial score (nSPS) is 14.4. The molecule has 2 unspecified atom stereocenters. The van der Waals surface area contributed by atoms with Crippen molar-refractivity contribution in [2.24, 2.45) is 0 Å². The third-order valence-electron chi connectivity index (χ3n) is 3.97. The van der Waals surface area contributed by atoms with Crippen LogP contribution in [-0.2, 0) is 47.7 Å². The zero-order valence-electron chi connectivity index (χ0n) is 19.7. The molecule has 0 spiro atoms. The van der Waals surface area contributed by atoms with Crippen molar-refractivity contribution in [2.45, 2.75) is 78.3 Å². The van der Waals surface area contributed by atoms with Crippen molar-refractivity contribution in [3.8, 4) is 0 Å². The number of thioether (sulfide) groups is 1. The van der Waals surface area contributed by atoms with Gasteiger partial charge in [0.1, 0.15) is 12.7 Å². The SMILES string of the molecule is CC(=O)OCC(O)[C@H](OC(C)=O)[C@H](OC(C)=O)C(COCCCCCSC(C)=O)OC(C)=O.